The van der Waals surface area contributed by atoms with Crippen molar-refractivity contribution in [2.24, 2.45) is 11.8 Å². The molecule has 0 saturated carbocycles. The molecule has 0 aromatic carbocycles. The summed E-state index contributed by atoms with van der Waals surface area (Å²) in [5.74, 6) is 1.08. The highest BCUT2D eigenvalue weighted by molar-refractivity contribution is 5.85. The van der Waals surface area contributed by atoms with Gasteiger partial charge in [0, 0.05) is 18.6 Å². The van der Waals surface area contributed by atoms with Crippen molar-refractivity contribution in [3.63, 3.8) is 0 Å². The molecule has 3 nitrogen and oxygen atoms in total. The number of hydrogen-bond acceptors (Lipinski definition) is 2. The molecule has 88 valence electrons. The Morgan fingerprint density at radius 1 is 1.40 bits per heavy atom. The van der Waals surface area contributed by atoms with Crippen molar-refractivity contribution in [3.05, 3.63) is 0 Å². The van der Waals surface area contributed by atoms with Gasteiger partial charge in [0.05, 0.1) is 5.92 Å². The molecular weight excluding hydrogens is 212 g/mol. The zero-order chi connectivity index (χ0) is 10.3. The van der Waals surface area contributed by atoms with Crippen molar-refractivity contribution in [1.82, 2.24) is 10.2 Å². The minimum atomic E-state index is 0. The van der Waals surface area contributed by atoms with Crippen LogP contribution in [0.25, 0.3) is 0 Å². The monoisotopic (exact) mass is 232 g/mol. The zero-order valence-electron chi connectivity index (χ0n) is 9.75. The molecule has 2 rings (SSSR count). The van der Waals surface area contributed by atoms with E-state index in [2.05, 4.69) is 26.1 Å². The summed E-state index contributed by atoms with van der Waals surface area (Å²) < 4.78 is 0. The molecule has 1 amide bonds. The normalized spacial score (nSPS) is 33.1. The summed E-state index contributed by atoms with van der Waals surface area (Å²) in [6.07, 6.45) is 1.15. The molecule has 0 aromatic heterocycles. The number of nitrogens with zero attached hydrogens (tertiary/aromatic N) is 1. The summed E-state index contributed by atoms with van der Waals surface area (Å²) in [4.78, 5) is 14.2. The topological polar surface area (TPSA) is 32.3 Å². The van der Waals surface area contributed by atoms with E-state index in [0.717, 1.165) is 26.1 Å². The first-order valence-electron chi connectivity index (χ1n) is 5.54. The van der Waals surface area contributed by atoms with E-state index in [1.807, 2.05) is 4.90 Å². The SMILES string of the molecule is CC1CNCC1C(=O)N1CCC1(C)C.Cl. The van der Waals surface area contributed by atoms with Crippen LogP contribution in [0.1, 0.15) is 27.2 Å². The Morgan fingerprint density at radius 3 is 2.40 bits per heavy atom. The number of nitrogens with one attached hydrogen (secondary N) is 1. The van der Waals surface area contributed by atoms with Crippen LogP contribution in [0.5, 0.6) is 0 Å². The Balaban J connectivity index is 0.00000112. The van der Waals surface area contributed by atoms with Crippen LogP contribution in [0, 0.1) is 11.8 Å². The summed E-state index contributed by atoms with van der Waals surface area (Å²) in [5.41, 5.74) is 0.111. The Kier molecular flexibility index (Phi) is 3.67. The van der Waals surface area contributed by atoms with Crippen LogP contribution < -0.4 is 5.32 Å². The van der Waals surface area contributed by atoms with Gasteiger partial charge in [-0.15, -0.1) is 12.4 Å². The number of hydrogen-bond donors (Lipinski definition) is 1. The number of carbonyl (C=O) groups is 1. The van der Waals surface area contributed by atoms with Gasteiger partial charge < -0.3 is 10.2 Å². The van der Waals surface area contributed by atoms with Gasteiger partial charge >= 0.3 is 0 Å². The fraction of sp³-hybridized carbons (Fsp3) is 0.909. The van der Waals surface area contributed by atoms with Gasteiger partial charge in [-0.05, 0) is 32.7 Å². The van der Waals surface area contributed by atoms with E-state index in [1.165, 1.54) is 0 Å². The third-order valence-corrected chi connectivity index (χ3v) is 3.78. The molecule has 0 spiro atoms. The first kappa shape index (κ1) is 12.8. The minimum Gasteiger partial charge on any atom is -0.337 e. The molecule has 2 aliphatic heterocycles. The van der Waals surface area contributed by atoms with Crippen molar-refractivity contribution < 1.29 is 4.79 Å². The van der Waals surface area contributed by atoms with Crippen molar-refractivity contribution >= 4 is 18.3 Å². The van der Waals surface area contributed by atoms with E-state index in [4.69, 9.17) is 0 Å². The van der Waals surface area contributed by atoms with Crippen LogP contribution in [0.15, 0.2) is 0 Å². The van der Waals surface area contributed by atoms with Gasteiger partial charge in [-0.3, -0.25) is 4.79 Å². The van der Waals surface area contributed by atoms with Crippen molar-refractivity contribution in [3.8, 4) is 0 Å². The lowest BCUT2D eigenvalue weighted by Gasteiger charge is -2.49. The highest BCUT2D eigenvalue weighted by Gasteiger charge is 2.43. The minimum absolute atomic E-state index is 0. The number of rotatable bonds is 1. The average molecular weight is 233 g/mol. The lowest BCUT2D eigenvalue weighted by molar-refractivity contribution is -0.149. The van der Waals surface area contributed by atoms with Crippen LogP contribution in [-0.4, -0.2) is 36.0 Å². The van der Waals surface area contributed by atoms with Gasteiger partial charge in [0.15, 0.2) is 0 Å². The second-order valence-corrected chi connectivity index (χ2v) is 5.29. The predicted octanol–water partition coefficient (Wildman–Crippen LogP) is 1.27. The lowest BCUT2D eigenvalue weighted by Crippen LogP contribution is -2.60. The van der Waals surface area contributed by atoms with E-state index < -0.39 is 0 Å². The first-order chi connectivity index (χ1) is 6.52. The maximum atomic E-state index is 12.1. The van der Waals surface area contributed by atoms with E-state index in [9.17, 15) is 4.79 Å². The first-order valence-corrected chi connectivity index (χ1v) is 5.54. The van der Waals surface area contributed by atoms with E-state index in [1.54, 1.807) is 0 Å². The molecule has 2 fully saturated rings. The van der Waals surface area contributed by atoms with E-state index in [-0.39, 0.29) is 23.9 Å². The molecule has 2 saturated heterocycles. The molecule has 0 bridgehead atoms. The maximum Gasteiger partial charge on any atom is 0.227 e. The molecule has 2 unspecified atom stereocenters. The molecular formula is C11H21ClN2O. The van der Waals surface area contributed by atoms with Crippen LogP contribution in [0.4, 0.5) is 0 Å². The van der Waals surface area contributed by atoms with Gasteiger partial charge in [-0.1, -0.05) is 6.92 Å². The van der Waals surface area contributed by atoms with Crippen LogP contribution in [0.3, 0.4) is 0 Å². The molecule has 4 heteroatoms. The number of amides is 1. The van der Waals surface area contributed by atoms with Crippen LogP contribution in [-0.2, 0) is 4.79 Å². The lowest BCUT2D eigenvalue weighted by atomic mass is 9.85. The predicted molar refractivity (Wildman–Crippen MR) is 63.2 cm³/mol. The van der Waals surface area contributed by atoms with Crippen molar-refractivity contribution in [2.45, 2.75) is 32.7 Å². The van der Waals surface area contributed by atoms with Crippen LogP contribution >= 0.6 is 12.4 Å². The second-order valence-electron chi connectivity index (χ2n) is 5.29. The largest absolute Gasteiger partial charge is 0.337 e. The molecule has 0 aromatic rings. The molecule has 2 aliphatic rings. The zero-order valence-corrected chi connectivity index (χ0v) is 10.6. The quantitative estimate of drug-likeness (QED) is 0.739. The molecule has 15 heavy (non-hydrogen) atoms. The third kappa shape index (κ3) is 2.13. The Bertz CT molecular complexity index is 251. The van der Waals surface area contributed by atoms with Gasteiger partial charge in [-0.25, -0.2) is 0 Å². The highest BCUT2D eigenvalue weighted by Crippen LogP contribution is 2.32. The highest BCUT2D eigenvalue weighted by atomic mass is 35.5. The Morgan fingerprint density at radius 2 is 2.07 bits per heavy atom. The van der Waals surface area contributed by atoms with Gasteiger partial charge in [0.25, 0.3) is 0 Å². The Labute approximate surface area is 98.0 Å². The van der Waals surface area contributed by atoms with E-state index in [0.29, 0.717) is 11.8 Å². The fourth-order valence-corrected chi connectivity index (χ4v) is 2.42. The summed E-state index contributed by atoms with van der Waals surface area (Å²) >= 11 is 0. The number of carbonyl (C=O) groups excluding carboxylic acids is 1. The maximum absolute atomic E-state index is 12.1. The molecule has 1 N–H and O–H groups in total. The molecule has 0 radical (unpaired) electrons. The van der Waals surface area contributed by atoms with Crippen molar-refractivity contribution in [2.75, 3.05) is 19.6 Å². The smallest absolute Gasteiger partial charge is 0.227 e. The summed E-state index contributed by atoms with van der Waals surface area (Å²) in [6, 6.07) is 0. The summed E-state index contributed by atoms with van der Waals surface area (Å²) in [7, 11) is 0. The molecule has 0 aliphatic carbocycles. The van der Waals surface area contributed by atoms with E-state index >= 15 is 0 Å². The van der Waals surface area contributed by atoms with Gasteiger partial charge in [0.2, 0.25) is 5.91 Å². The molecule has 2 heterocycles. The van der Waals surface area contributed by atoms with Crippen molar-refractivity contribution in [1.29, 1.82) is 0 Å². The summed E-state index contributed by atoms with van der Waals surface area (Å²) in [6.45, 7) is 9.28. The standard InChI is InChI=1S/C11H20N2O.ClH/c1-8-6-12-7-9(8)10(14)13-5-4-11(13,2)3;/h8-9,12H,4-7H2,1-3H3;1H. The van der Waals surface area contributed by atoms with Crippen LogP contribution in [0.2, 0.25) is 0 Å². The fourth-order valence-electron chi connectivity index (χ4n) is 2.42. The number of likely N-dealkylation sites (tertiary alicyclic amines) is 1. The Hall–Kier alpha value is -0.280. The average Bonchev–Trinajstić information content (AvgIpc) is 2.49. The summed E-state index contributed by atoms with van der Waals surface area (Å²) in [5, 5.41) is 3.29. The third-order valence-electron chi connectivity index (χ3n) is 3.78. The molecule has 2 atom stereocenters. The second kappa shape index (κ2) is 4.30. The van der Waals surface area contributed by atoms with Gasteiger partial charge in [0.1, 0.15) is 0 Å². The van der Waals surface area contributed by atoms with Gasteiger partial charge in [-0.2, -0.15) is 0 Å². The number of halogens is 1.